The summed E-state index contributed by atoms with van der Waals surface area (Å²) in [6.45, 7) is 3.53. The normalized spacial score (nSPS) is 14.4. The van der Waals surface area contributed by atoms with Gasteiger partial charge >= 0.3 is 0 Å². The van der Waals surface area contributed by atoms with E-state index in [2.05, 4.69) is 10.6 Å². The van der Waals surface area contributed by atoms with E-state index in [0.29, 0.717) is 17.7 Å². The number of aliphatic hydroxyl groups excluding tert-OH is 1. The molecule has 0 radical (unpaired) electrons. The number of hydrogen-bond donors (Lipinski definition) is 3. The lowest BCUT2D eigenvalue weighted by atomic mass is 10.0. The molecule has 2 aromatic rings. The molecular weight excluding hydrogens is 366 g/mol. The average Bonchev–Trinajstić information content (AvgIpc) is 2.64. The fourth-order valence-electron chi connectivity index (χ4n) is 3.46. The van der Waals surface area contributed by atoms with E-state index in [1.807, 2.05) is 24.3 Å². The number of aryl methyl sites for hydroxylation is 1. The molecule has 1 amide bonds. The molecule has 0 spiro atoms. The second-order valence-corrected chi connectivity index (χ2v) is 6.65. The van der Waals surface area contributed by atoms with Crippen molar-refractivity contribution in [1.82, 2.24) is 9.88 Å². The number of hydrogen-bond acceptors (Lipinski definition) is 4. The first-order valence-corrected chi connectivity index (χ1v) is 9.04. The van der Waals surface area contributed by atoms with Gasteiger partial charge < -0.3 is 20.3 Å². The van der Waals surface area contributed by atoms with Crippen LogP contribution in [-0.2, 0) is 6.42 Å². The highest BCUT2D eigenvalue weighted by Gasteiger charge is 2.21. The van der Waals surface area contributed by atoms with E-state index in [9.17, 15) is 14.7 Å². The van der Waals surface area contributed by atoms with E-state index in [1.54, 1.807) is 23.8 Å². The SMILES string of the molecule is Cc1ccn(C2CCNCC2)c(=O)c1C(=O)Nc1ccccc1CCO.Cl. The molecule has 7 heteroatoms. The summed E-state index contributed by atoms with van der Waals surface area (Å²) in [5, 5.41) is 15.3. The highest BCUT2D eigenvalue weighted by molar-refractivity contribution is 6.05. The molecule has 1 aliphatic rings. The second kappa shape index (κ2) is 9.69. The number of halogens is 1. The van der Waals surface area contributed by atoms with Crippen molar-refractivity contribution in [1.29, 1.82) is 0 Å². The molecule has 1 fully saturated rings. The van der Waals surface area contributed by atoms with Crippen LogP contribution in [0.3, 0.4) is 0 Å². The largest absolute Gasteiger partial charge is 0.396 e. The maximum absolute atomic E-state index is 13.0. The smallest absolute Gasteiger partial charge is 0.263 e. The summed E-state index contributed by atoms with van der Waals surface area (Å²) in [6.07, 6.45) is 4.00. The number of benzene rings is 1. The molecule has 3 N–H and O–H groups in total. The summed E-state index contributed by atoms with van der Waals surface area (Å²) in [5.41, 5.74) is 2.08. The van der Waals surface area contributed by atoms with E-state index < -0.39 is 5.91 Å². The highest BCUT2D eigenvalue weighted by atomic mass is 35.5. The predicted octanol–water partition coefficient (Wildman–Crippen LogP) is 2.29. The third-order valence-corrected chi connectivity index (χ3v) is 4.90. The third kappa shape index (κ3) is 4.77. The standard InChI is InChI=1S/C20H25N3O3.ClH/c1-14-8-12-23(16-6-10-21-11-7-16)20(26)18(14)19(25)22-17-5-3-2-4-15(17)9-13-24;/h2-5,8,12,16,21,24H,6-7,9-11,13H2,1H3,(H,22,25);1H. The maximum Gasteiger partial charge on any atom is 0.263 e. The van der Waals surface area contributed by atoms with Crippen LogP contribution in [0.4, 0.5) is 5.69 Å². The molecule has 0 saturated carbocycles. The Balaban J connectivity index is 0.00000261. The molecule has 6 nitrogen and oxygen atoms in total. The molecule has 3 rings (SSSR count). The summed E-state index contributed by atoms with van der Waals surface area (Å²) in [5.74, 6) is -0.402. The molecule has 146 valence electrons. The van der Waals surface area contributed by atoms with Gasteiger partial charge in [-0.2, -0.15) is 0 Å². The van der Waals surface area contributed by atoms with Gasteiger partial charge in [0.25, 0.3) is 11.5 Å². The van der Waals surface area contributed by atoms with Crippen LogP contribution < -0.4 is 16.2 Å². The highest BCUT2D eigenvalue weighted by Crippen LogP contribution is 2.19. The summed E-state index contributed by atoms with van der Waals surface area (Å²) in [7, 11) is 0. The first-order valence-electron chi connectivity index (χ1n) is 9.04. The molecule has 0 bridgehead atoms. The van der Waals surface area contributed by atoms with Crippen LogP contribution in [0.5, 0.6) is 0 Å². The fraction of sp³-hybridized carbons (Fsp3) is 0.400. The van der Waals surface area contributed by atoms with E-state index in [1.165, 1.54) is 0 Å². The Kier molecular flexibility index (Phi) is 7.59. The van der Waals surface area contributed by atoms with Gasteiger partial charge in [-0.3, -0.25) is 9.59 Å². The molecule has 1 aromatic carbocycles. The number of carbonyl (C=O) groups excluding carboxylic acids is 1. The average molecular weight is 392 g/mol. The van der Waals surface area contributed by atoms with Crippen molar-refractivity contribution in [2.45, 2.75) is 32.2 Å². The molecule has 27 heavy (non-hydrogen) atoms. The maximum atomic E-state index is 13.0. The number of aliphatic hydroxyl groups is 1. The molecule has 1 aliphatic heterocycles. The number of rotatable bonds is 5. The Bertz CT molecular complexity index is 845. The van der Waals surface area contributed by atoms with Crippen molar-refractivity contribution in [3.05, 3.63) is 63.6 Å². The van der Waals surface area contributed by atoms with E-state index in [4.69, 9.17) is 0 Å². The van der Waals surface area contributed by atoms with Crippen molar-refractivity contribution in [2.24, 2.45) is 0 Å². The van der Waals surface area contributed by atoms with Crippen LogP contribution in [0.25, 0.3) is 0 Å². The number of pyridine rings is 1. The molecule has 1 aromatic heterocycles. The van der Waals surface area contributed by atoms with Crippen molar-refractivity contribution in [3.63, 3.8) is 0 Å². The summed E-state index contributed by atoms with van der Waals surface area (Å²) in [6, 6.07) is 9.28. The van der Waals surface area contributed by atoms with Crippen molar-refractivity contribution < 1.29 is 9.90 Å². The quantitative estimate of drug-likeness (QED) is 0.730. The fourth-order valence-corrected chi connectivity index (χ4v) is 3.46. The molecule has 1 saturated heterocycles. The monoisotopic (exact) mass is 391 g/mol. The minimum absolute atomic E-state index is 0. The van der Waals surface area contributed by atoms with E-state index in [0.717, 1.165) is 31.5 Å². The first-order chi connectivity index (χ1) is 12.6. The molecule has 0 atom stereocenters. The number of amides is 1. The Labute approximate surface area is 165 Å². The van der Waals surface area contributed by atoms with Gasteiger partial charge in [0.05, 0.1) is 0 Å². The van der Waals surface area contributed by atoms with Gasteiger partial charge in [0.1, 0.15) is 5.56 Å². The number of anilines is 1. The zero-order valence-electron chi connectivity index (χ0n) is 15.4. The van der Waals surface area contributed by atoms with Gasteiger partial charge in [-0.25, -0.2) is 0 Å². The number of nitrogens with zero attached hydrogens (tertiary/aromatic N) is 1. The molecule has 0 unspecified atom stereocenters. The number of nitrogens with one attached hydrogen (secondary N) is 2. The van der Waals surface area contributed by atoms with Gasteiger partial charge in [0.15, 0.2) is 0 Å². The number of para-hydroxylation sites is 1. The van der Waals surface area contributed by atoms with Crippen LogP contribution in [0.1, 0.15) is 40.4 Å². The minimum atomic E-state index is -0.402. The van der Waals surface area contributed by atoms with Crippen LogP contribution in [-0.4, -0.2) is 35.3 Å². The first kappa shape index (κ1) is 21.2. The summed E-state index contributed by atoms with van der Waals surface area (Å²) >= 11 is 0. The van der Waals surface area contributed by atoms with E-state index >= 15 is 0 Å². The Morgan fingerprint density at radius 2 is 1.96 bits per heavy atom. The van der Waals surface area contributed by atoms with Gasteiger partial charge in [0.2, 0.25) is 0 Å². The number of piperidine rings is 1. The minimum Gasteiger partial charge on any atom is -0.396 e. The van der Waals surface area contributed by atoms with Crippen LogP contribution in [0, 0.1) is 6.92 Å². The zero-order chi connectivity index (χ0) is 18.5. The molecular formula is C20H26ClN3O3. The molecule has 2 heterocycles. The summed E-state index contributed by atoms with van der Waals surface area (Å²) in [4.78, 5) is 25.8. The van der Waals surface area contributed by atoms with Gasteiger partial charge in [-0.05, 0) is 62.5 Å². The predicted molar refractivity (Wildman–Crippen MR) is 109 cm³/mol. The van der Waals surface area contributed by atoms with Gasteiger partial charge in [0, 0.05) is 24.5 Å². The topological polar surface area (TPSA) is 83.4 Å². The third-order valence-electron chi connectivity index (χ3n) is 4.90. The van der Waals surface area contributed by atoms with Crippen molar-refractivity contribution in [3.8, 4) is 0 Å². The lowest BCUT2D eigenvalue weighted by Gasteiger charge is -2.25. The lowest BCUT2D eigenvalue weighted by Crippen LogP contribution is -2.37. The molecule has 0 aliphatic carbocycles. The lowest BCUT2D eigenvalue weighted by molar-refractivity contribution is 0.102. The van der Waals surface area contributed by atoms with Crippen molar-refractivity contribution in [2.75, 3.05) is 25.0 Å². The summed E-state index contributed by atoms with van der Waals surface area (Å²) < 4.78 is 1.70. The zero-order valence-corrected chi connectivity index (χ0v) is 16.2. The Morgan fingerprint density at radius 1 is 1.26 bits per heavy atom. The number of carbonyl (C=O) groups is 1. The van der Waals surface area contributed by atoms with Crippen LogP contribution in [0.15, 0.2) is 41.3 Å². The Hall–Kier alpha value is -2.15. The van der Waals surface area contributed by atoms with Crippen molar-refractivity contribution >= 4 is 24.0 Å². The Morgan fingerprint density at radius 3 is 2.67 bits per heavy atom. The second-order valence-electron chi connectivity index (χ2n) is 6.65. The number of aromatic nitrogens is 1. The van der Waals surface area contributed by atoms with E-state index in [-0.39, 0.29) is 36.2 Å². The van der Waals surface area contributed by atoms with Crippen LogP contribution in [0.2, 0.25) is 0 Å². The van der Waals surface area contributed by atoms with Crippen LogP contribution >= 0.6 is 12.4 Å². The van der Waals surface area contributed by atoms with Gasteiger partial charge in [-0.1, -0.05) is 18.2 Å². The van der Waals surface area contributed by atoms with Gasteiger partial charge in [-0.15, -0.1) is 12.4 Å².